The zero-order chi connectivity index (χ0) is 32.0. The standard InChI is InChI=1S/C36H41N7O3/c1-25-19-26(2)34(39-30-13-15-41(16-14-30)32-12-8-7-11-29(32)20-37)27(3)33(25)35(44)42-17-18-43(36-40-38-24-46-36)31(21-42)23-45-22-28-9-5-4-6-10-28/h4-12,19,24,30-31,39H,13-18,21-23H2,1-3H3/t31-/m0/s1. The predicted octanol–water partition coefficient (Wildman–Crippen LogP) is 5.50. The Hall–Kier alpha value is -4.88. The Bertz CT molecular complexity index is 1680. The summed E-state index contributed by atoms with van der Waals surface area (Å²) in [7, 11) is 0. The third-order valence-electron chi connectivity index (χ3n) is 9.18. The zero-order valence-corrected chi connectivity index (χ0v) is 26.8. The zero-order valence-electron chi connectivity index (χ0n) is 26.8. The molecule has 46 heavy (non-hydrogen) atoms. The van der Waals surface area contributed by atoms with Crippen LogP contribution in [0.3, 0.4) is 0 Å². The molecule has 2 aliphatic rings. The fourth-order valence-corrected chi connectivity index (χ4v) is 6.82. The molecular formula is C36H41N7O3. The van der Waals surface area contributed by atoms with Gasteiger partial charge >= 0.3 is 6.01 Å². The van der Waals surface area contributed by atoms with E-state index in [0.717, 1.165) is 65.1 Å². The van der Waals surface area contributed by atoms with Gasteiger partial charge in [0, 0.05) is 50.0 Å². The number of hydrogen-bond acceptors (Lipinski definition) is 9. The fraction of sp³-hybridized carbons (Fsp3) is 0.389. The van der Waals surface area contributed by atoms with Gasteiger partial charge in [-0.05, 0) is 68.0 Å². The van der Waals surface area contributed by atoms with Crippen molar-refractivity contribution in [1.82, 2.24) is 15.1 Å². The van der Waals surface area contributed by atoms with Crippen LogP contribution in [0.4, 0.5) is 17.4 Å². The summed E-state index contributed by atoms with van der Waals surface area (Å²) < 4.78 is 11.7. The lowest BCUT2D eigenvalue weighted by atomic mass is 9.94. The van der Waals surface area contributed by atoms with E-state index in [-0.39, 0.29) is 18.0 Å². The van der Waals surface area contributed by atoms with Crippen LogP contribution < -0.4 is 15.1 Å². The molecule has 2 saturated heterocycles. The first-order chi connectivity index (χ1) is 22.4. The number of aromatic nitrogens is 2. The van der Waals surface area contributed by atoms with E-state index in [1.54, 1.807) is 0 Å². The van der Waals surface area contributed by atoms with Crippen molar-refractivity contribution in [2.24, 2.45) is 0 Å². The van der Waals surface area contributed by atoms with Crippen molar-refractivity contribution in [2.45, 2.75) is 52.3 Å². The second-order valence-electron chi connectivity index (χ2n) is 12.2. The smallest absolute Gasteiger partial charge is 0.318 e. The van der Waals surface area contributed by atoms with E-state index in [0.29, 0.717) is 44.4 Å². The number of benzene rings is 3. The molecule has 3 heterocycles. The van der Waals surface area contributed by atoms with E-state index in [1.807, 2.05) is 71.3 Å². The number of piperidine rings is 1. The topological polar surface area (TPSA) is 111 Å². The van der Waals surface area contributed by atoms with Crippen molar-refractivity contribution in [3.8, 4) is 6.07 Å². The molecule has 1 atom stereocenters. The minimum atomic E-state index is -0.137. The fourth-order valence-electron chi connectivity index (χ4n) is 6.82. The third-order valence-corrected chi connectivity index (χ3v) is 9.18. The van der Waals surface area contributed by atoms with Gasteiger partial charge in [-0.2, -0.15) is 5.26 Å². The number of carbonyl (C=O) groups is 1. The summed E-state index contributed by atoms with van der Waals surface area (Å²) in [4.78, 5) is 20.5. The van der Waals surface area contributed by atoms with Crippen LogP contribution in [0.15, 0.2) is 71.5 Å². The molecule has 1 aromatic heterocycles. The molecule has 0 spiro atoms. The predicted molar refractivity (Wildman–Crippen MR) is 178 cm³/mol. The van der Waals surface area contributed by atoms with Gasteiger partial charge < -0.3 is 29.2 Å². The first-order valence-electron chi connectivity index (χ1n) is 16.0. The van der Waals surface area contributed by atoms with Crippen LogP contribution in [-0.2, 0) is 11.3 Å². The van der Waals surface area contributed by atoms with Gasteiger partial charge in [0.2, 0.25) is 6.39 Å². The number of amides is 1. The summed E-state index contributed by atoms with van der Waals surface area (Å²) in [6, 6.07) is 22.9. The van der Waals surface area contributed by atoms with Gasteiger partial charge in [-0.3, -0.25) is 4.79 Å². The molecule has 238 valence electrons. The minimum Gasteiger partial charge on any atom is -0.411 e. The number of hydrogen-bond donors (Lipinski definition) is 1. The van der Waals surface area contributed by atoms with Crippen LogP contribution in [0.1, 0.15) is 51.0 Å². The maximum atomic E-state index is 14.2. The normalized spacial score (nSPS) is 17.2. The summed E-state index contributed by atoms with van der Waals surface area (Å²) in [5.41, 5.74) is 7.70. The number of carbonyl (C=O) groups excluding carboxylic acids is 1. The van der Waals surface area contributed by atoms with Crippen molar-refractivity contribution < 1.29 is 13.9 Å². The van der Waals surface area contributed by atoms with Crippen molar-refractivity contribution in [3.05, 3.63) is 100 Å². The third kappa shape index (κ3) is 6.70. The van der Waals surface area contributed by atoms with Crippen LogP contribution >= 0.6 is 0 Å². The molecule has 1 amide bonds. The molecule has 10 nitrogen and oxygen atoms in total. The van der Waals surface area contributed by atoms with Crippen LogP contribution in [0.25, 0.3) is 0 Å². The first-order valence-corrected chi connectivity index (χ1v) is 16.0. The molecule has 4 aromatic rings. The van der Waals surface area contributed by atoms with Gasteiger partial charge in [-0.1, -0.05) is 53.6 Å². The molecule has 6 rings (SSSR count). The Morgan fingerprint density at radius 1 is 1.02 bits per heavy atom. The van der Waals surface area contributed by atoms with E-state index >= 15 is 0 Å². The molecule has 0 unspecified atom stereocenters. The first kappa shape index (κ1) is 31.1. The van der Waals surface area contributed by atoms with Crippen LogP contribution in [0, 0.1) is 32.1 Å². The minimum absolute atomic E-state index is 0.0271. The lowest BCUT2D eigenvalue weighted by molar-refractivity contribution is 0.0597. The monoisotopic (exact) mass is 619 g/mol. The molecule has 0 saturated carbocycles. The Morgan fingerprint density at radius 2 is 1.78 bits per heavy atom. The Morgan fingerprint density at radius 3 is 2.52 bits per heavy atom. The van der Waals surface area contributed by atoms with Gasteiger partial charge in [-0.25, -0.2) is 0 Å². The maximum absolute atomic E-state index is 14.2. The van der Waals surface area contributed by atoms with E-state index < -0.39 is 0 Å². The van der Waals surface area contributed by atoms with Gasteiger partial charge in [0.05, 0.1) is 30.5 Å². The number of nitrogens with zero attached hydrogens (tertiary/aromatic N) is 6. The number of anilines is 3. The van der Waals surface area contributed by atoms with Crippen LogP contribution in [0.2, 0.25) is 0 Å². The Kier molecular flexibility index (Phi) is 9.50. The van der Waals surface area contributed by atoms with E-state index in [9.17, 15) is 10.1 Å². The van der Waals surface area contributed by atoms with Crippen LogP contribution in [0.5, 0.6) is 0 Å². The van der Waals surface area contributed by atoms with Gasteiger partial charge in [0.15, 0.2) is 0 Å². The number of para-hydroxylation sites is 1. The largest absolute Gasteiger partial charge is 0.411 e. The summed E-state index contributed by atoms with van der Waals surface area (Å²) in [6.45, 7) is 10.4. The van der Waals surface area contributed by atoms with E-state index in [1.165, 1.54) is 6.39 Å². The van der Waals surface area contributed by atoms with Gasteiger partial charge in [0.1, 0.15) is 6.07 Å². The number of rotatable bonds is 9. The summed E-state index contributed by atoms with van der Waals surface area (Å²) >= 11 is 0. The molecule has 2 aliphatic heterocycles. The number of ether oxygens (including phenoxy) is 1. The highest BCUT2D eigenvalue weighted by atomic mass is 16.5. The number of nitrogens with one attached hydrogen (secondary N) is 1. The van der Waals surface area contributed by atoms with Crippen molar-refractivity contribution >= 4 is 23.3 Å². The summed E-state index contributed by atoms with van der Waals surface area (Å²) in [5.74, 6) is 0.0271. The summed E-state index contributed by atoms with van der Waals surface area (Å²) in [5, 5.41) is 21.4. The number of nitriles is 1. The molecule has 0 bridgehead atoms. The number of piperazine rings is 1. The van der Waals surface area contributed by atoms with E-state index in [4.69, 9.17) is 9.15 Å². The van der Waals surface area contributed by atoms with E-state index in [2.05, 4.69) is 46.4 Å². The molecule has 0 aliphatic carbocycles. The van der Waals surface area contributed by atoms with Crippen LogP contribution in [-0.4, -0.2) is 72.4 Å². The van der Waals surface area contributed by atoms with Crippen molar-refractivity contribution in [3.63, 3.8) is 0 Å². The quantitative estimate of drug-likeness (QED) is 0.260. The SMILES string of the molecule is Cc1cc(C)c(C(=O)N2CCN(c3nnco3)[C@H](COCc3ccccc3)C2)c(C)c1NC1CCN(c2ccccc2C#N)CC1. The highest BCUT2D eigenvalue weighted by molar-refractivity contribution is 5.99. The highest BCUT2D eigenvalue weighted by Crippen LogP contribution is 2.32. The molecule has 1 N–H and O–H groups in total. The second kappa shape index (κ2) is 14.0. The molecular weight excluding hydrogens is 578 g/mol. The van der Waals surface area contributed by atoms with Crippen molar-refractivity contribution in [1.29, 1.82) is 5.26 Å². The Labute approximate surface area is 270 Å². The van der Waals surface area contributed by atoms with Crippen molar-refractivity contribution in [2.75, 3.05) is 54.4 Å². The molecule has 0 radical (unpaired) electrons. The average Bonchev–Trinajstić information content (AvgIpc) is 3.62. The second-order valence-corrected chi connectivity index (χ2v) is 12.2. The maximum Gasteiger partial charge on any atom is 0.318 e. The van der Waals surface area contributed by atoms with Gasteiger partial charge in [-0.15, -0.1) is 5.10 Å². The Balaban J connectivity index is 1.15. The highest BCUT2D eigenvalue weighted by Gasteiger charge is 2.34. The molecule has 2 fully saturated rings. The average molecular weight is 620 g/mol. The lowest BCUT2D eigenvalue weighted by Gasteiger charge is -2.40. The number of aryl methyl sites for hydroxylation is 2. The summed E-state index contributed by atoms with van der Waals surface area (Å²) in [6.07, 6.45) is 3.22. The molecule has 10 heteroatoms. The molecule has 3 aromatic carbocycles. The van der Waals surface area contributed by atoms with Gasteiger partial charge in [0.25, 0.3) is 5.91 Å². The lowest BCUT2D eigenvalue weighted by Crippen LogP contribution is -2.57.